The third-order valence-corrected chi connectivity index (χ3v) is 7.49. The summed E-state index contributed by atoms with van der Waals surface area (Å²) in [7, 11) is 2.35. The fourth-order valence-corrected chi connectivity index (χ4v) is 6.49. The zero-order valence-corrected chi connectivity index (χ0v) is 14.2. The molecule has 1 saturated carbocycles. The fraction of sp³-hybridized carbons (Fsp3) is 0.600. The molecule has 128 valence electrons. The molecule has 6 atom stereocenters. The molecule has 1 N–H and O–H groups in total. The summed E-state index contributed by atoms with van der Waals surface area (Å²) in [4.78, 5) is 0. The number of piperidine rings is 1. The maximum absolute atomic E-state index is 12.4. The summed E-state index contributed by atoms with van der Waals surface area (Å²) in [5.41, 5.74) is 2.28. The molecule has 4 heteroatoms. The summed E-state index contributed by atoms with van der Waals surface area (Å²) in [6.45, 7) is 6.02. The highest BCUT2D eigenvalue weighted by atomic mass is 16.5. The number of quaternary nitrogens is 1. The standard InChI is InChI=1S/C20H25NO3/c1-3-9-21(2)10-8-20-13-5-7-16(23)19(20)24-18-15(22)6-4-12(17(18)20)11-14(13)21/h3-4,6,13-14,16,19,23H,1,5,7-11H2,2H3/t13-,14-,16-,19?,20+,21-/m1/s1. The van der Waals surface area contributed by atoms with Crippen LogP contribution in [-0.2, 0) is 11.8 Å². The first-order valence-corrected chi connectivity index (χ1v) is 9.14. The number of aliphatic hydroxyl groups is 1. The molecule has 1 saturated heterocycles. The van der Waals surface area contributed by atoms with E-state index in [0.29, 0.717) is 17.7 Å². The Kier molecular flexibility index (Phi) is 2.81. The second-order valence-electron chi connectivity index (χ2n) is 8.45. The van der Waals surface area contributed by atoms with E-state index in [1.807, 2.05) is 12.1 Å². The molecule has 0 radical (unpaired) electrons. The van der Waals surface area contributed by atoms with Crippen molar-refractivity contribution >= 4 is 0 Å². The molecule has 0 aromatic heterocycles. The summed E-state index contributed by atoms with van der Waals surface area (Å²) >= 11 is 0. The van der Waals surface area contributed by atoms with Gasteiger partial charge in [0.05, 0.1) is 37.7 Å². The monoisotopic (exact) mass is 327 g/mol. The van der Waals surface area contributed by atoms with Crippen LogP contribution in [0, 0.1) is 5.92 Å². The van der Waals surface area contributed by atoms with Crippen molar-refractivity contribution in [1.82, 2.24) is 0 Å². The van der Waals surface area contributed by atoms with Gasteiger partial charge in [-0.25, -0.2) is 0 Å². The van der Waals surface area contributed by atoms with Crippen LogP contribution in [0.5, 0.6) is 11.5 Å². The number of benzene rings is 1. The van der Waals surface area contributed by atoms with E-state index in [1.165, 1.54) is 5.56 Å². The minimum Gasteiger partial charge on any atom is -0.870 e. The molecule has 0 amide bonds. The summed E-state index contributed by atoms with van der Waals surface area (Å²) in [5, 5.41) is 23.1. The molecule has 1 aromatic carbocycles. The lowest BCUT2D eigenvalue weighted by atomic mass is 9.51. The second-order valence-corrected chi connectivity index (χ2v) is 8.45. The van der Waals surface area contributed by atoms with Gasteiger partial charge in [-0.3, -0.25) is 0 Å². The Hall–Kier alpha value is -1.52. The molecule has 2 aliphatic heterocycles. The number of hydrogen-bond donors (Lipinski definition) is 1. The van der Waals surface area contributed by atoms with Crippen LogP contribution in [0.2, 0.25) is 0 Å². The lowest BCUT2D eigenvalue weighted by Crippen LogP contribution is -2.72. The van der Waals surface area contributed by atoms with Gasteiger partial charge in [-0.1, -0.05) is 24.5 Å². The average molecular weight is 327 g/mol. The van der Waals surface area contributed by atoms with Gasteiger partial charge in [0, 0.05) is 24.3 Å². The van der Waals surface area contributed by atoms with E-state index in [1.54, 1.807) is 6.07 Å². The van der Waals surface area contributed by atoms with Gasteiger partial charge in [0.1, 0.15) is 11.9 Å². The van der Waals surface area contributed by atoms with Crippen molar-refractivity contribution in [3.63, 3.8) is 0 Å². The van der Waals surface area contributed by atoms with Gasteiger partial charge in [-0.05, 0) is 24.5 Å². The third kappa shape index (κ3) is 1.52. The molecule has 4 aliphatic rings. The average Bonchev–Trinajstić information content (AvgIpc) is 2.91. The molecule has 1 aromatic rings. The van der Waals surface area contributed by atoms with Crippen molar-refractivity contribution < 1.29 is 19.4 Å². The Bertz CT molecular complexity index is 732. The van der Waals surface area contributed by atoms with E-state index in [2.05, 4.69) is 13.6 Å². The Morgan fingerprint density at radius 1 is 1.46 bits per heavy atom. The molecule has 5 rings (SSSR count). The van der Waals surface area contributed by atoms with Crippen molar-refractivity contribution in [1.29, 1.82) is 0 Å². The van der Waals surface area contributed by atoms with E-state index in [9.17, 15) is 10.2 Å². The van der Waals surface area contributed by atoms with Crippen LogP contribution in [-0.4, -0.2) is 48.0 Å². The molecule has 2 bridgehead atoms. The maximum Gasteiger partial charge on any atom is 0.135 e. The van der Waals surface area contributed by atoms with Gasteiger partial charge in [0.15, 0.2) is 0 Å². The van der Waals surface area contributed by atoms with Crippen LogP contribution < -0.4 is 9.84 Å². The highest BCUT2D eigenvalue weighted by Crippen LogP contribution is 2.64. The van der Waals surface area contributed by atoms with Crippen molar-refractivity contribution in [2.45, 2.75) is 49.3 Å². The molecule has 2 fully saturated rings. The molecular formula is C20H25NO3. The van der Waals surface area contributed by atoms with E-state index in [-0.39, 0.29) is 17.3 Å². The number of hydrogen-bond acceptors (Lipinski definition) is 3. The predicted molar refractivity (Wildman–Crippen MR) is 88.9 cm³/mol. The topological polar surface area (TPSA) is 52.5 Å². The number of ether oxygens (including phenoxy) is 1. The quantitative estimate of drug-likeness (QED) is 0.661. The highest BCUT2D eigenvalue weighted by Gasteiger charge is 2.68. The van der Waals surface area contributed by atoms with E-state index >= 15 is 0 Å². The summed E-state index contributed by atoms with van der Waals surface area (Å²) in [6.07, 6.45) is 5.14. The first-order valence-electron chi connectivity index (χ1n) is 9.14. The highest BCUT2D eigenvalue weighted by molar-refractivity contribution is 5.60. The lowest BCUT2D eigenvalue weighted by Gasteiger charge is -2.61. The molecular weight excluding hydrogens is 302 g/mol. The van der Waals surface area contributed by atoms with Crippen molar-refractivity contribution in [2.75, 3.05) is 20.1 Å². The molecule has 2 heterocycles. The van der Waals surface area contributed by atoms with E-state index in [4.69, 9.17) is 4.74 Å². The molecule has 24 heavy (non-hydrogen) atoms. The third-order valence-electron chi connectivity index (χ3n) is 7.49. The minimum atomic E-state index is -0.462. The first-order chi connectivity index (χ1) is 11.5. The zero-order valence-electron chi connectivity index (χ0n) is 14.2. The van der Waals surface area contributed by atoms with Crippen molar-refractivity contribution in [3.05, 3.63) is 35.9 Å². The fourth-order valence-electron chi connectivity index (χ4n) is 6.49. The molecule has 1 spiro atoms. The predicted octanol–water partition coefficient (Wildman–Crippen LogP) is 1.49. The number of aliphatic hydroxyl groups excluding tert-OH is 1. The first kappa shape index (κ1) is 14.8. The Balaban J connectivity index is 1.75. The van der Waals surface area contributed by atoms with Crippen LogP contribution in [0.1, 0.15) is 30.4 Å². The summed E-state index contributed by atoms with van der Waals surface area (Å²) < 4.78 is 7.18. The van der Waals surface area contributed by atoms with Crippen molar-refractivity contribution in [2.24, 2.45) is 5.92 Å². The van der Waals surface area contributed by atoms with Crippen LogP contribution in [0.4, 0.5) is 0 Å². The van der Waals surface area contributed by atoms with Gasteiger partial charge in [-0.15, -0.1) is 0 Å². The Morgan fingerprint density at radius 3 is 3.08 bits per heavy atom. The van der Waals surface area contributed by atoms with Crippen LogP contribution in [0.3, 0.4) is 0 Å². The van der Waals surface area contributed by atoms with E-state index in [0.717, 1.165) is 48.8 Å². The van der Waals surface area contributed by atoms with Gasteiger partial charge >= 0.3 is 0 Å². The minimum absolute atomic E-state index is 0.0177. The Labute approximate surface area is 142 Å². The number of likely N-dealkylation sites (tertiary alicyclic amines) is 1. The smallest absolute Gasteiger partial charge is 0.135 e. The normalized spacial score (nSPS) is 44.6. The van der Waals surface area contributed by atoms with Crippen LogP contribution in [0.25, 0.3) is 0 Å². The number of nitrogens with zero attached hydrogens (tertiary/aromatic N) is 1. The molecule has 2 aliphatic carbocycles. The zero-order chi connectivity index (χ0) is 16.7. The largest absolute Gasteiger partial charge is 0.870 e. The number of rotatable bonds is 2. The van der Waals surface area contributed by atoms with Gasteiger partial charge in [-0.2, -0.15) is 0 Å². The van der Waals surface area contributed by atoms with Gasteiger partial charge < -0.3 is 19.4 Å². The lowest BCUT2D eigenvalue weighted by molar-refractivity contribution is -0.940. The molecule has 4 nitrogen and oxygen atoms in total. The van der Waals surface area contributed by atoms with E-state index < -0.39 is 6.10 Å². The second kappa shape index (κ2) is 4.55. The van der Waals surface area contributed by atoms with Crippen molar-refractivity contribution in [3.8, 4) is 11.5 Å². The molecule has 1 unspecified atom stereocenters. The summed E-state index contributed by atoms with van der Waals surface area (Å²) in [5.74, 6) is 1.01. The summed E-state index contributed by atoms with van der Waals surface area (Å²) in [6, 6.07) is 4.19. The van der Waals surface area contributed by atoms with Gasteiger partial charge in [0.2, 0.25) is 0 Å². The number of likely N-dealkylation sites (N-methyl/N-ethyl adjacent to an activating group) is 1. The van der Waals surface area contributed by atoms with Gasteiger partial charge in [0.25, 0.3) is 0 Å². The van der Waals surface area contributed by atoms with Crippen LogP contribution in [0.15, 0.2) is 24.8 Å². The van der Waals surface area contributed by atoms with Crippen LogP contribution >= 0.6 is 0 Å². The Morgan fingerprint density at radius 2 is 2.29 bits per heavy atom. The SMILES string of the molecule is C=CC[N@+]1(C)CC[C@]23c4c5ccc([O-])c4OC2[C@H](O)CC[C@@H]3[C@H]1C5. The maximum atomic E-state index is 12.4.